The molecule has 0 aliphatic carbocycles. The minimum atomic E-state index is -0.284. The average molecular weight is 425 g/mol. The van der Waals surface area contributed by atoms with E-state index in [-0.39, 0.29) is 18.1 Å². The van der Waals surface area contributed by atoms with Crippen molar-refractivity contribution in [3.63, 3.8) is 0 Å². The highest BCUT2D eigenvalue weighted by Crippen LogP contribution is 2.24. The fraction of sp³-hybridized carbons (Fsp3) is 0.227. The lowest BCUT2D eigenvalue weighted by Gasteiger charge is -2.16. The molecule has 8 heteroatoms. The van der Waals surface area contributed by atoms with Gasteiger partial charge in [-0.05, 0) is 43.2 Å². The molecule has 1 amide bonds. The Kier molecular flexibility index (Phi) is 6.04. The summed E-state index contributed by atoms with van der Waals surface area (Å²) in [5.74, 6) is 0.453. The van der Waals surface area contributed by atoms with Gasteiger partial charge in [-0.2, -0.15) is 5.10 Å². The maximum atomic E-state index is 13.4. The molecular formula is C22H21FN4O2S. The zero-order chi connectivity index (χ0) is 20.9. The van der Waals surface area contributed by atoms with Crippen molar-refractivity contribution in [2.24, 2.45) is 0 Å². The molecule has 3 aromatic heterocycles. The van der Waals surface area contributed by atoms with Crippen molar-refractivity contribution in [3.05, 3.63) is 71.3 Å². The SMILES string of the molecule is CN(CCCc1cc(-c2cccc(F)c2)n[nH]1)C(=O)Cc1csc(-c2ccco2)n1. The number of likely N-dealkylation sites (N-methyl/N-ethyl adjacent to an activating group) is 1. The summed E-state index contributed by atoms with van der Waals surface area (Å²) in [4.78, 5) is 18.7. The molecule has 1 aromatic carbocycles. The lowest BCUT2D eigenvalue weighted by Crippen LogP contribution is -2.29. The molecule has 30 heavy (non-hydrogen) atoms. The molecule has 0 spiro atoms. The quantitative estimate of drug-likeness (QED) is 0.450. The minimum Gasteiger partial charge on any atom is -0.462 e. The molecule has 0 saturated heterocycles. The summed E-state index contributed by atoms with van der Waals surface area (Å²) in [7, 11) is 1.80. The van der Waals surface area contributed by atoms with Crippen LogP contribution in [0.5, 0.6) is 0 Å². The van der Waals surface area contributed by atoms with Crippen molar-refractivity contribution in [1.82, 2.24) is 20.1 Å². The minimum absolute atomic E-state index is 0.0244. The van der Waals surface area contributed by atoms with Crippen LogP contribution in [-0.4, -0.2) is 39.6 Å². The van der Waals surface area contributed by atoms with Crippen molar-refractivity contribution < 1.29 is 13.6 Å². The van der Waals surface area contributed by atoms with Crippen LogP contribution in [-0.2, 0) is 17.6 Å². The Morgan fingerprint density at radius 1 is 1.27 bits per heavy atom. The molecule has 3 heterocycles. The van der Waals surface area contributed by atoms with Gasteiger partial charge in [-0.1, -0.05) is 12.1 Å². The van der Waals surface area contributed by atoms with Crippen LogP contribution in [0.4, 0.5) is 4.39 Å². The van der Waals surface area contributed by atoms with Crippen LogP contribution in [0.2, 0.25) is 0 Å². The second-order valence-electron chi connectivity index (χ2n) is 7.01. The molecule has 4 rings (SSSR count). The van der Waals surface area contributed by atoms with E-state index >= 15 is 0 Å². The van der Waals surface area contributed by atoms with E-state index in [1.165, 1.54) is 23.5 Å². The first-order chi connectivity index (χ1) is 14.6. The van der Waals surface area contributed by atoms with Gasteiger partial charge in [-0.25, -0.2) is 9.37 Å². The number of nitrogens with one attached hydrogen (secondary N) is 1. The third kappa shape index (κ3) is 4.83. The van der Waals surface area contributed by atoms with Gasteiger partial charge in [0.2, 0.25) is 5.91 Å². The molecule has 0 unspecified atom stereocenters. The van der Waals surface area contributed by atoms with Crippen LogP contribution in [0.1, 0.15) is 17.8 Å². The average Bonchev–Trinajstić information content (AvgIpc) is 3.49. The van der Waals surface area contributed by atoms with Crippen LogP contribution in [0, 0.1) is 5.82 Å². The van der Waals surface area contributed by atoms with Gasteiger partial charge in [0, 0.05) is 30.2 Å². The zero-order valence-corrected chi connectivity index (χ0v) is 17.3. The first kappa shape index (κ1) is 20.0. The first-order valence-corrected chi connectivity index (χ1v) is 10.5. The Labute approximate surface area is 177 Å². The number of aromatic amines is 1. The Balaban J connectivity index is 1.26. The third-order valence-corrected chi connectivity index (χ3v) is 5.64. The maximum Gasteiger partial charge on any atom is 0.228 e. The van der Waals surface area contributed by atoms with E-state index in [4.69, 9.17) is 4.42 Å². The molecule has 0 fully saturated rings. The topological polar surface area (TPSA) is 75.0 Å². The molecule has 6 nitrogen and oxygen atoms in total. The Hall–Kier alpha value is -3.26. The maximum absolute atomic E-state index is 13.4. The molecule has 0 saturated carbocycles. The fourth-order valence-corrected chi connectivity index (χ4v) is 3.89. The summed E-state index contributed by atoms with van der Waals surface area (Å²) in [6.07, 6.45) is 3.42. The van der Waals surface area contributed by atoms with Crippen molar-refractivity contribution in [3.8, 4) is 22.0 Å². The number of thiazole rings is 1. The zero-order valence-electron chi connectivity index (χ0n) is 16.5. The van der Waals surface area contributed by atoms with Gasteiger partial charge in [-0.15, -0.1) is 11.3 Å². The third-order valence-electron chi connectivity index (χ3n) is 4.73. The lowest BCUT2D eigenvalue weighted by atomic mass is 10.1. The highest BCUT2D eigenvalue weighted by Gasteiger charge is 2.14. The van der Waals surface area contributed by atoms with E-state index in [1.807, 2.05) is 29.6 Å². The van der Waals surface area contributed by atoms with Gasteiger partial charge in [0.05, 0.1) is 24.1 Å². The number of rotatable bonds is 8. The summed E-state index contributed by atoms with van der Waals surface area (Å²) in [6, 6.07) is 11.9. The number of H-pyrrole nitrogens is 1. The molecule has 154 valence electrons. The van der Waals surface area contributed by atoms with Gasteiger partial charge < -0.3 is 9.32 Å². The summed E-state index contributed by atoms with van der Waals surface area (Å²) in [6.45, 7) is 0.627. The Morgan fingerprint density at radius 2 is 2.17 bits per heavy atom. The van der Waals surface area contributed by atoms with Gasteiger partial charge in [0.15, 0.2) is 10.8 Å². The van der Waals surface area contributed by atoms with Crippen LogP contribution < -0.4 is 0 Å². The largest absolute Gasteiger partial charge is 0.462 e. The van der Waals surface area contributed by atoms with E-state index in [1.54, 1.807) is 24.3 Å². The second-order valence-corrected chi connectivity index (χ2v) is 7.86. The standard InChI is InChI=1S/C22H21FN4O2S/c1-27(21(28)13-18-14-30-22(24-18)20-8-4-10-29-20)9-3-7-17-12-19(26-25-17)15-5-2-6-16(23)11-15/h2,4-6,8,10-12,14H,3,7,9,13H2,1H3,(H,25,26). The van der Waals surface area contributed by atoms with Crippen molar-refractivity contribution in [1.29, 1.82) is 0 Å². The number of furan rings is 1. The van der Waals surface area contributed by atoms with Gasteiger partial charge >= 0.3 is 0 Å². The van der Waals surface area contributed by atoms with Crippen LogP contribution in [0.15, 0.2) is 58.5 Å². The number of benzene rings is 1. The summed E-state index contributed by atoms with van der Waals surface area (Å²) >= 11 is 1.47. The van der Waals surface area contributed by atoms with Gasteiger partial charge in [0.1, 0.15) is 5.82 Å². The number of hydrogen-bond donors (Lipinski definition) is 1. The van der Waals surface area contributed by atoms with E-state index in [9.17, 15) is 9.18 Å². The van der Waals surface area contributed by atoms with Gasteiger partial charge in [0.25, 0.3) is 0 Å². The summed E-state index contributed by atoms with van der Waals surface area (Å²) in [5.41, 5.74) is 3.15. The van der Waals surface area contributed by atoms with Crippen LogP contribution >= 0.6 is 11.3 Å². The Bertz CT molecular complexity index is 1120. The van der Waals surface area contributed by atoms with Crippen molar-refractivity contribution in [2.75, 3.05) is 13.6 Å². The molecule has 4 aromatic rings. The monoisotopic (exact) mass is 424 g/mol. The molecule has 0 bridgehead atoms. The Morgan fingerprint density at radius 3 is 2.97 bits per heavy atom. The fourth-order valence-electron chi connectivity index (χ4n) is 3.11. The van der Waals surface area contributed by atoms with E-state index in [0.29, 0.717) is 18.0 Å². The molecule has 0 atom stereocenters. The van der Waals surface area contributed by atoms with Crippen LogP contribution in [0.25, 0.3) is 22.0 Å². The number of aromatic nitrogens is 3. The van der Waals surface area contributed by atoms with E-state index in [2.05, 4.69) is 15.2 Å². The number of nitrogens with zero attached hydrogens (tertiary/aromatic N) is 3. The molecule has 1 N–H and O–H groups in total. The highest BCUT2D eigenvalue weighted by molar-refractivity contribution is 7.13. The van der Waals surface area contributed by atoms with Gasteiger partial charge in [-0.3, -0.25) is 9.89 Å². The molecule has 0 radical (unpaired) electrons. The number of hydrogen-bond acceptors (Lipinski definition) is 5. The predicted molar refractivity (Wildman–Crippen MR) is 113 cm³/mol. The number of carbonyl (C=O) groups excluding carboxylic acids is 1. The number of aryl methyl sites for hydroxylation is 1. The van der Waals surface area contributed by atoms with E-state index < -0.39 is 0 Å². The number of carbonyl (C=O) groups is 1. The first-order valence-electron chi connectivity index (χ1n) is 9.61. The lowest BCUT2D eigenvalue weighted by molar-refractivity contribution is -0.129. The molecular weight excluding hydrogens is 403 g/mol. The molecule has 0 aliphatic heterocycles. The number of amides is 1. The number of halogens is 1. The summed E-state index contributed by atoms with van der Waals surface area (Å²) in [5, 5.41) is 9.91. The van der Waals surface area contributed by atoms with Crippen molar-refractivity contribution >= 4 is 17.2 Å². The molecule has 0 aliphatic rings. The smallest absolute Gasteiger partial charge is 0.228 e. The highest BCUT2D eigenvalue weighted by atomic mass is 32.1. The van der Waals surface area contributed by atoms with E-state index in [0.717, 1.165) is 34.8 Å². The van der Waals surface area contributed by atoms with Crippen molar-refractivity contribution in [2.45, 2.75) is 19.3 Å². The van der Waals surface area contributed by atoms with Crippen LogP contribution in [0.3, 0.4) is 0 Å². The normalized spacial score (nSPS) is 11.0. The second kappa shape index (κ2) is 9.04. The predicted octanol–water partition coefficient (Wildman–Crippen LogP) is 4.57. The summed E-state index contributed by atoms with van der Waals surface area (Å²) < 4.78 is 18.7.